The first-order chi connectivity index (χ1) is 10.0. The molecule has 3 nitrogen and oxygen atoms in total. The zero-order chi connectivity index (χ0) is 15.5. The molecule has 0 bridgehead atoms. The van der Waals surface area contributed by atoms with Gasteiger partial charge in [-0.2, -0.15) is 0 Å². The molecule has 0 amide bonds. The van der Waals surface area contributed by atoms with E-state index < -0.39 is 8.72 Å². The molecule has 0 aromatic rings. The molecule has 2 aliphatic rings. The number of fused-ring (bicyclic) bond motifs is 1. The Morgan fingerprint density at radius 1 is 1.10 bits per heavy atom. The van der Waals surface area contributed by atoms with Gasteiger partial charge in [0.15, 0.2) is 0 Å². The molecule has 0 radical (unpaired) electrons. The van der Waals surface area contributed by atoms with E-state index in [1.807, 2.05) is 7.11 Å². The van der Waals surface area contributed by atoms with E-state index in [1.165, 1.54) is 45.1 Å². The molecule has 1 aliphatic heterocycles. The zero-order valence-electron chi connectivity index (χ0n) is 14.7. The second-order valence-corrected chi connectivity index (χ2v) is 10.7. The Kier molecular flexibility index (Phi) is 6.30. The summed E-state index contributed by atoms with van der Waals surface area (Å²) in [5, 5.41) is 0. The maximum Gasteiger partial charge on any atom is 0.430 e. The van der Waals surface area contributed by atoms with Crippen LogP contribution in [-0.2, 0) is 8.85 Å². The Hall–Kier alpha value is 0.0969. The van der Waals surface area contributed by atoms with Gasteiger partial charge in [0.05, 0.1) is 0 Å². The smallest absolute Gasteiger partial charge is 0.386 e. The van der Waals surface area contributed by atoms with Gasteiger partial charge in [-0.3, -0.25) is 4.57 Å². The quantitative estimate of drug-likeness (QED) is 0.676. The van der Waals surface area contributed by atoms with Gasteiger partial charge in [-0.25, -0.2) is 0 Å². The van der Waals surface area contributed by atoms with Gasteiger partial charge in [-0.05, 0) is 52.0 Å². The lowest BCUT2D eigenvalue weighted by Crippen LogP contribution is -2.67. The minimum atomic E-state index is -2.31. The number of rotatable bonds is 6. The normalized spacial score (nSPS) is 31.7. The summed E-state index contributed by atoms with van der Waals surface area (Å²) in [5.74, 6) is 0.884. The zero-order valence-corrected chi connectivity index (χ0v) is 15.7. The van der Waals surface area contributed by atoms with Crippen LogP contribution in [0.15, 0.2) is 0 Å². The van der Waals surface area contributed by atoms with Gasteiger partial charge in [-0.15, -0.1) is 0 Å². The first-order valence-electron chi connectivity index (χ1n) is 9.04. The van der Waals surface area contributed by atoms with Gasteiger partial charge in [0.1, 0.15) is 0 Å². The molecule has 2 rings (SSSR count). The van der Waals surface area contributed by atoms with Crippen LogP contribution in [0.1, 0.15) is 72.6 Å². The first kappa shape index (κ1) is 17.5. The van der Waals surface area contributed by atoms with Crippen LogP contribution in [0.25, 0.3) is 0 Å². The fraction of sp³-hybridized carbons (Fsp3) is 1.00. The summed E-state index contributed by atoms with van der Waals surface area (Å²) >= 11 is 0. The standard InChI is InChI=1S/C17H35NO2Si/c1-6-15(4)21(19-5,20-14(2)3)18-13-9-11-16-10-7-8-12-17(16)18/h14-17H,6-13H2,1-5H3. The first-order valence-corrected chi connectivity index (χ1v) is 10.9. The van der Waals surface area contributed by atoms with Gasteiger partial charge in [-0.1, -0.05) is 33.1 Å². The van der Waals surface area contributed by atoms with Crippen molar-refractivity contribution < 1.29 is 8.85 Å². The van der Waals surface area contributed by atoms with Gasteiger partial charge >= 0.3 is 8.72 Å². The van der Waals surface area contributed by atoms with E-state index in [0.29, 0.717) is 11.6 Å². The molecule has 0 N–H and O–H groups in total. The van der Waals surface area contributed by atoms with Crippen molar-refractivity contribution >= 4 is 8.72 Å². The highest BCUT2D eigenvalue weighted by atomic mass is 28.4. The van der Waals surface area contributed by atoms with Crippen molar-refractivity contribution in [3.8, 4) is 0 Å². The summed E-state index contributed by atoms with van der Waals surface area (Å²) in [7, 11) is -0.414. The lowest BCUT2D eigenvalue weighted by Gasteiger charge is -2.52. The Morgan fingerprint density at radius 3 is 2.38 bits per heavy atom. The van der Waals surface area contributed by atoms with Crippen LogP contribution in [0.5, 0.6) is 0 Å². The van der Waals surface area contributed by atoms with Gasteiger partial charge in [0.25, 0.3) is 0 Å². The van der Waals surface area contributed by atoms with Gasteiger partial charge in [0, 0.05) is 24.8 Å². The van der Waals surface area contributed by atoms with Crippen LogP contribution in [0.2, 0.25) is 5.54 Å². The third-order valence-electron chi connectivity index (χ3n) is 5.58. The van der Waals surface area contributed by atoms with Crippen molar-refractivity contribution in [1.82, 2.24) is 4.57 Å². The number of hydrogen-bond donors (Lipinski definition) is 0. The fourth-order valence-electron chi connectivity index (χ4n) is 4.44. The molecule has 1 heterocycles. The molecule has 124 valence electrons. The molecular formula is C17H35NO2Si. The van der Waals surface area contributed by atoms with Crippen molar-refractivity contribution in [2.24, 2.45) is 5.92 Å². The molecule has 0 aromatic heterocycles. The molecule has 21 heavy (non-hydrogen) atoms. The maximum absolute atomic E-state index is 6.57. The minimum Gasteiger partial charge on any atom is -0.386 e. The van der Waals surface area contributed by atoms with Crippen LogP contribution in [0.3, 0.4) is 0 Å². The summed E-state index contributed by atoms with van der Waals surface area (Å²) in [6.07, 6.45) is 9.68. The predicted molar refractivity (Wildman–Crippen MR) is 90.4 cm³/mol. The molecule has 1 saturated heterocycles. The van der Waals surface area contributed by atoms with Crippen molar-refractivity contribution in [2.45, 2.75) is 90.3 Å². The van der Waals surface area contributed by atoms with Gasteiger partial charge in [0.2, 0.25) is 0 Å². The van der Waals surface area contributed by atoms with Crippen LogP contribution in [0.4, 0.5) is 0 Å². The monoisotopic (exact) mass is 313 g/mol. The van der Waals surface area contributed by atoms with Crippen LogP contribution < -0.4 is 0 Å². The largest absolute Gasteiger partial charge is 0.430 e. The predicted octanol–water partition coefficient (Wildman–Crippen LogP) is 4.45. The summed E-state index contributed by atoms with van der Waals surface area (Å²) in [6, 6.07) is 0.715. The summed E-state index contributed by atoms with van der Waals surface area (Å²) in [5.41, 5.74) is 0.519. The van der Waals surface area contributed by atoms with Crippen molar-refractivity contribution in [2.75, 3.05) is 13.7 Å². The lowest BCUT2D eigenvalue weighted by atomic mass is 9.79. The molecule has 0 spiro atoms. The molecule has 4 heteroatoms. The topological polar surface area (TPSA) is 21.7 Å². The third kappa shape index (κ3) is 3.54. The molecule has 2 fully saturated rings. The van der Waals surface area contributed by atoms with E-state index in [1.54, 1.807) is 0 Å². The van der Waals surface area contributed by atoms with E-state index in [4.69, 9.17) is 8.85 Å². The highest BCUT2D eigenvalue weighted by Gasteiger charge is 2.54. The Bertz CT molecular complexity index is 324. The van der Waals surface area contributed by atoms with E-state index in [9.17, 15) is 0 Å². The molecular weight excluding hydrogens is 278 g/mol. The second-order valence-electron chi connectivity index (χ2n) is 7.26. The molecule has 1 aliphatic carbocycles. The summed E-state index contributed by atoms with van der Waals surface area (Å²) in [4.78, 5) is 0. The van der Waals surface area contributed by atoms with E-state index >= 15 is 0 Å². The number of nitrogens with zero attached hydrogens (tertiary/aromatic N) is 1. The average Bonchev–Trinajstić information content (AvgIpc) is 2.51. The third-order valence-corrected chi connectivity index (χ3v) is 9.98. The average molecular weight is 314 g/mol. The SMILES string of the molecule is CCC(C)[Si](OC)(OC(C)C)N1CCCC2CCCCC21. The number of piperidine rings is 1. The van der Waals surface area contributed by atoms with Crippen LogP contribution in [-0.4, -0.2) is 39.1 Å². The van der Waals surface area contributed by atoms with E-state index in [0.717, 1.165) is 12.3 Å². The molecule has 1 saturated carbocycles. The highest BCUT2D eigenvalue weighted by Crippen LogP contribution is 2.42. The van der Waals surface area contributed by atoms with E-state index in [-0.39, 0.29) is 6.10 Å². The fourth-order valence-corrected chi connectivity index (χ4v) is 8.57. The molecule has 0 aromatic carbocycles. The second kappa shape index (κ2) is 7.58. The van der Waals surface area contributed by atoms with Crippen molar-refractivity contribution in [3.05, 3.63) is 0 Å². The highest BCUT2D eigenvalue weighted by molar-refractivity contribution is 6.66. The summed E-state index contributed by atoms with van der Waals surface area (Å²) < 4.78 is 15.5. The summed E-state index contributed by atoms with van der Waals surface area (Å²) in [6.45, 7) is 10.1. The maximum atomic E-state index is 6.57. The van der Waals surface area contributed by atoms with E-state index in [2.05, 4.69) is 32.3 Å². The molecule has 4 unspecified atom stereocenters. The molecule has 4 atom stereocenters. The van der Waals surface area contributed by atoms with Crippen molar-refractivity contribution in [3.63, 3.8) is 0 Å². The van der Waals surface area contributed by atoms with Crippen molar-refractivity contribution in [1.29, 1.82) is 0 Å². The Balaban J connectivity index is 2.28. The van der Waals surface area contributed by atoms with Gasteiger partial charge < -0.3 is 8.85 Å². The Morgan fingerprint density at radius 2 is 1.76 bits per heavy atom. The minimum absolute atomic E-state index is 0.245. The Labute approximate surface area is 132 Å². The number of hydrogen-bond acceptors (Lipinski definition) is 3. The lowest BCUT2D eigenvalue weighted by molar-refractivity contribution is 0.0305. The van der Waals surface area contributed by atoms with Crippen LogP contribution in [0, 0.1) is 5.92 Å². The van der Waals surface area contributed by atoms with Crippen LogP contribution >= 0.6 is 0 Å².